The lowest BCUT2D eigenvalue weighted by Gasteiger charge is -2.48. The lowest BCUT2D eigenvalue weighted by Crippen LogP contribution is -2.66. The molecule has 0 saturated carbocycles. The largest absolute Gasteiger partial charge is 0.463 e. The smallest absolute Gasteiger partial charge is 0.303 e. The number of esters is 4. The van der Waals surface area contributed by atoms with Crippen molar-refractivity contribution in [1.82, 2.24) is 0 Å². The normalized spacial score (nSPS) is 27.2. The number of hydrogen-bond donors (Lipinski definition) is 1. The van der Waals surface area contributed by atoms with Crippen LogP contribution in [0.3, 0.4) is 0 Å². The minimum absolute atomic E-state index is 0.110. The number of carbonyl (C=O) groups excluding carboxylic acids is 4. The molecule has 0 radical (unpaired) electrons. The summed E-state index contributed by atoms with van der Waals surface area (Å²) in [5.74, 6) is -5.50. The van der Waals surface area contributed by atoms with Crippen LogP contribution in [0.5, 0.6) is 0 Å². The van der Waals surface area contributed by atoms with Crippen LogP contribution >= 0.6 is 11.6 Å². The number of carbonyl (C=O) groups is 4. The number of benzene rings is 1. The Balaban J connectivity index is 2.14. The van der Waals surface area contributed by atoms with Crippen LogP contribution in [0.25, 0.3) is 6.08 Å². The van der Waals surface area contributed by atoms with Crippen LogP contribution < -0.4 is 0 Å². The van der Waals surface area contributed by atoms with Crippen molar-refractivity contribution in [3.05, 3.63) is 39.9 Å². The maximum Gasteiger partial charge on any atom is 0.303 e. The van der Waals surface area contributed by atoms with Gasteiger partial charge in [-0.1, -0.05) is 29.3 Å². The van der Waals surface area contributed by atoms with E-state index in [-0.39, 0.29) is 5.56 Å². The highest BCUT2D eigenvalue weighted by Crippen LogP contribution is 2.42. The summed E-state index contributed by atoms with van der Waals surface area (Å²) in [5.41, 5.74) is 1.75. The van der Waals surface area contributed by atoms with Gasteiger partial charge in [0.1, 0.15) is 12.7 Å². The van der Waals surface area contributed by atoms with Gasteiger partial charge in [0.2, 0.25) is 11.9 Å². The molecule has 11 nitrogen and oxygen atoms in total. The van der Waals surface area contributed by atoms with Crippen LogP contribution in [0.4, 0.5) is 0 Å². The molecule has 0 unspecified atom stereocenters. The molecule has 12 heteroatoms. The third-order valence-electron chi connectivity index (χ3n) is 5.96. The lowest BCUT2D eigenvalue weighted by molar-refractivity contribution is -0.360. The van der Waals surface area contributed by atoms with Gasteiger partial charge in [0.15, 0.2) is 12.2 Å². The number of hydrogen-bond acceptors (Lipinski definition) is 11. The van der Waals surface area contributed by atoms with Gasteiger partial charge >= 0.3 is 23.9 Å². The molecule has 38 heavy (non-hydrogen) atoms. The standard InChI is InChI=1S/C26H31ClO11/c1-14(28)34-13-22-23(35-15(2)29)24(36-16(3)30)25(37-17(4)31)26(32,38-22)20-5-6-21(27)19(12-20)11-18-7-9-33-10-8-18/h5-6,11-12,22-25,32H,7-10,13H2,1-4H3/t22-,23-,24+,25-,26+/m1/s1. The Morgan fingerprint density at radius 3 is 2.16 bits per heavy atom. The molecule has 3 rings (SSSR count). The van der Waals surface area contributed by atoms with Crippen LogP contribution in [0.1, 0.15) is 51.7 Å². The lowest BCUT2D eigenvalue weighted by atomic mass is 9.86. The monoisotopic (exact) mass is 554 g/mol. The summed E-state index contributed by atoms with van der Waals surface area (Å²) >= 11 is 6.44. The molecule has 5 atom stereocenters. The van der Waals surface area contributed by atoms with E-state index in [2.05, 4.69) is 0 Å². The summed E-state index contributed by atoms with van der Waals surface area (Å²) in [4.78, 5) is 47.7. The van der Waals surface area contributed by atoms with Crippen LogP contribution in [-0.2, 0) is 53.4 Å². The van der Waals surface area contributed by atoms with E-state index in [1.807, 2.05) is 6.08 Å². The van der Waals surface area contributed by atoms with Crippen molar-refractivity contribution in [1.29, 1.82) is 0 Å². The predicted molar refractivity (Wildman–Crippen MR) is 132 cm³/mol. The molecule has 0 aliphatic carbocycles. The van der Waals surface area contributed by atoms with Gasteiger partial charge in [0, 0.05) is 38.3 Å². The molecule has 1 aromatic rings. The first kappa shape index (κ1) is 29.6. The van der Waals surface area contributed by atoms with E-state index in [9.17, 15) is 24.3 Å². The van der Waals surface area contributed by atoms with Gasteiger partial charge < -0.3 is 33.5 Å². The van der Waals surface area contributed by atoms with E-state index >= 15 is 0 Å². The number of ether oxygens (including phenoxy) is 6. The Hall–Kier alpha value is -2.99. The van der Waals surface area contributed by atoms with E-state index in [4.69, 9.17) is 40.0 Å². The molecule has 2 saturated heterocycles. The van der Waals surface area contributed by atoms with Gasteiger partial charge in [-0.3, -0.25) is 19.2 Å². The molecule has 2 heterocycles. The van der Waals surface area contributed by atoms with Crippen molar-refractivity contribution in [2.45, 2.75) is 70.7 Å². The van der Waals surface area contributed by atoms with Crippen molar-refractivity contribution >= 4 is 41.6 Å². The first-order valence-corrected chi connectivity index (χ1v) is 12.4. The Morgan fingerprint density at radius 1 is 0.974 bits per heavy atom. The molecule has 2 aliphatic rings. The van der Waals surface area contributed by atoms with Gasteiger partial charge in [-0.05, 0) is 30.5 Å². The van der Waals surface area contributed by atoms with E-state index in [0.717, 1.165) is 33.3 Å². The average Bonchev–Trinajstić information content (AvgIpc) is 2.83. The highest BCUT2D eigenvalue weighted by Gasteiger charge is 2.60. The Morgan fingerprint density at radius 2 is 1.58 bits per heavy atom. The van der Waals surface area contributed by atoms with Crippen molar-refractivity contribution in [3.63, 3.8) is 0 Å². The fraction of sp³-hybridized carbons (Fsp3) is 0.538. The summed E-state index contributed by atoms with van der Waals surface area (Å²) < 4.78 is 32.7. The highest BCUT2D eigenvalue weighted by atomic mass is 35.5. The molecule has 1 aromatic carbocycles. The zero-order chi connectivity index (χ0) is 28.0. The third kappa shape index (κ3) is 7.31. The number of rotatable bonds is 7. The van der Waals surface area contributed by atoms with Gasteiger partial charge in [0.05, 0.1) is 13.2 Å². The fourth-order valence-electron chi connectivity index (χ4n) is 4.39. The SMILES string of the molecule is CC(=O)OC[C@H]1O[C@@](O)(c2ccc(Cl)c(C=C3CCOCC3)c2)[C@H](OC(C)=O)[C@@H](OC(C)=O)[C@@H]1OC(C)=O. The summed E-state index contributed by atoms with van der Waals surface area (Å²) in [6.45, 7) is 5.16. The zero-order valence-corrected chi connectivity index (χ0v) is 22.3. The summed E-state index contributed by atoms with van der Waals surface area (Å²) in [6, 6.07) is 4.56. The Labute approximate surface area is 224 Å². The van der Waals surface area contributed by atoms with Crippen molar-refractivity contribution in [3.8, 4) is 0 Å². The van der Waals surface area contributed by atoms with Crippen LogP contribution in [0.15, 0.2) is 23.8 Å². The summed E-state index contributed by atoms with van der Waals surface area (Å²) in [7, 11) is 0. The van der Waals surface area contributed by atoms with Crippen LogP contribution in [0, 0.1) is 0 Å². The Bertz CT molecular complexity index is 1090. The van der Waals surface area contributed by atoms with E-state index in [0.29, 0.717) is 36.6 Å². The van der Waals surface area contributed by atoms with Gasteiger partial charge in [-0.15, -0.1) is 0 Å². The molecule has 0 amide bonds. The highest BCUT2D eigenvalue weighted by molar-refractivity contribution is 6.32. The molecule has 2 fully saturated rings. The fourth-order valence-corrected chi connectivity index (χ4v) is 4.56. The maximum atomic E-state index is 12.1. The summed E-state index contributed by atoms with van der Waals surface area (Å²) in [5, 5.41) is 12.4. The second-order valence-electron chi connectivity index (χ2n) is 8.98. The van der Waals surface area contributed by atoms with Gasteiger partial charge in [-0.25, -0.2) is 0 Å². The first-order chi connectivity index (χ1) is 17.9. The molecule has 0 spiro atoms. The average molecular weight is 555 g/mol. The minimum atomic E-state index is -2.43. The zero-order valence-electron chi connectivity index (χ0n) is 21.6. The first-order valence-electron chi connectivity index (χ1n) is 12.0. The van der Waals surface area contributed by atoms with Crippen molar-refractivity contribution in [2.24, 2.45) is 0 Å². The molecular formula is C26H31ClO11. The molecule has 208 valence electrons. The third-order valence-corrected chi connectivity index (χ3v) is 6.30. The molecular weight excluding hydrogens is 524 g/mol. The van der Waals surface area contributed by atoms with E-state index in [1.54, 1.807) is 6.07 Å². The molecule has 1 N–H and O–H groups in total. The number of halogens is 1. The second-order valence-corrected chi connectivity index (χ2v) is 9.39. The topological polar surface area (TPSA) is 144 Å². The predicted octanol–water partition coefficient (Wildman–Crippen LogP) is 2.44. The van der Waals surface area contributed by atoms with E-state index < -0.39 is 60.7 Å². The maximum absolute atomic E-state index is 12.1. The molecule has 2 aliphatic heterocycles. The van der Waals surface area contributed by atoms with Crippen LogP contribution in [-0.4, -0.2) is 73.2 Å². The Kier molecular flexibility index (Phi) is 9.88. The van der Waals surface area contributed by atoms with Crippen molar-refractivity contribution < 1.29 is 52.7 Å². The van der Waals surface area contributed by atoms with Crippen LogP contribution in [0.2, 0.25) is 5.02 Å². The van der Waals surface area contributed by atoms with Gasteiger partial charge in [-0.2, -0.15) is 0 Å². The second kappa shape index (κ2) is 12.7. The number of aliphatic hydroxyl groups is 1. The van der Waals surface area contributed by atoms with Crippen molar-refractivity contribution in [2.75, 3.05) is 19.8 Å². The minimum Gasteiger partial charge on any atom is -0.463 e. The molecule has 0 aromatic heterocycles. The summed E-state index contributed by atoms with van der Waals surface area (Å²) in [6.07, 6.45) is -2.60. The van der Waals surface area contributed by atoms with Gasteiger partial charge in [0.25, 0.3) is 0 Å². The van der Waals surface area contributed by atoms with E-state index in [1.165, 1.54) is 12.1 Å². The molecule has 0 bridgehead atoms. The quantitative estimate of drug-likeness (QED) is 0.392.